The van der Waals surface area contributed by atoms with Crippen LogP contribution in [0.15, 0.2) is 54.6 Å². The van der Waals surface area contributed by atoms with E-state index in [1.165, 1.54) is 30.3 Å². The topological polar surface area (TPSA) is 36.9 Å². The standard InChI is InChI=1S/C26H24F5O4P/c1-2-32-12-15-13-33-25(34-14-15)17-3-7-20(23(29)10-17)26(31,36)35-18-5-6-19(22(28)11-18)16-4-8-21(27)24(30)9-16/h3-11,15,25H,2,12-14,36H2,1H3. The zero-order valence-electron chi connectivity index (χ0n) is 19.3. The number of hydrogen-bond donors (Lipinski definition) is 0. The van der Waals surface area contributed by atoms with Crippen molar-refractivity contribution in [3.63, 3.8) is 0 Å². The van der Waals surface area contributed by atoms with Crippen LogP contribution in [0.25, 0.3) is 11.1 Å². The van der Waals surface area contributed by atoms with Gasteiger partial charge in [0.1, 0.15) is 17.4 Å². The fraction of sp³-hybridized carbons (Fsp3) is 0.308. The van der Waals surface area contributed by atoms with Crippen molar-refractivity contribution in [3.8, 4) is 16.9 Å². The Kier molecular flexibility index (Phi) is 8.25. The first kappa shape index (κ1) is 26.5. The van der Waals surface area contributed by atoms with Gasteiger partial charge in [0.25, 0.3) is 5.60 Å². The van der Waals surface area contributed by atoms with E-state index < -0.39 is 40.7 Å². The normalized spacial score (nSPS) is 19.6. The van der Waals surface area contributed by atoms with Gasteiger partial charge in [-0.1, -0.05) is 12.1 Å². The van der Waals surface area contributed by atoms with Crippen molar-refractivity contribution in [2.75, 3.05) is 26.4 Å². The number of halogens is 5. The molecule has 3 aromatic rings. The molecule has 0 bridgehead atoms. The summed E-state index contributed by atoms with van der Waals surface area (Å²) in [5, 5.41) is 0. The summed E-state index contributed by atoms with van der Waals surface area (Å²) < 4.78 is 93.4. The molecule has 1 saturated heterocycles. The Balaban J connectivity index is 1.46. The minimum Gasteiger partial charge on any atom is -0.451 e. The van der Waals surface area contributed by atoms with E-state index in [1.807, 2.05) is 6.92 Å². The van der Waals surface area contributed by atoms with E-state index in [9.17, 15) is 17.6 Å². The number of hydrogen-bond acceptors (Lipinski definition) is 4. The largest absolute Gasteiger partial charge is 0.451 e. The summed E-state index contributed by atoms with van der Waals surface area (Å²) in [5.74, 6) is -4.13. The zero-order valence-corrected chi connectivity index (χ0v) is 20.4. The van der Waals surface area contributed by atoms with Gasteiger partial charge < -0.3 is 18.9 Å². The SMILES string of the molecule is CCOCC1COC(c2ccc(C(F)(P)Oc3ccc(-c4ccc(F)c(F)c4)c(F)c3)c(F)c2)OC1. The third kappa shape index (κ3) is 6.03. The Bertz CT molecular complexity index is 1210. The molecule has 4 nitrogen and oxygen atoms in total. The molecule has 1 aliphatic heterocycles. The molecule has 2 unspecified atom stereocenters. The van der Waals surface area contributed by atoms with Gasteiger partial charge in [-0.25, -0.2) is 17.6 Å². The Hall–Kier alpha value is -2.58. The van der Waals surface area contributed by atoms with E-state index in [-0.39, 0.29) is 22.8 Å². The molecular formula is C26H24F5O4P. The molecule has 1 heterocycles. The second-order valence-corrected chi connectivity index (χ2v) is 9.02. The van der Waals surface area contributed by atoms with Crippen molar-refractivity contribution in [2.24, 2.45) is 5.92 Å². The van der Waals surface area contributed by atoms with Gasteiger partial charge in [-0.3, -0.25) is 0 Å². The van der Waals surface area contributed by atoms with Gasteiger partial charge in [0.2, 0.25) is 0 Å². The van der Waals surface area contributed by atoms with Gasteiger partial charge in [0.15, 0.2) is 17.9 Å². The lowest BCUT2D eigenvalue weighted by atomic mass is 10.0. The van der Waals surface area contributed by atoms with Gasteiger partial charge in [-0.15, -0.1) is 0 Å². The van der Waals surface area contributed by atoms with Crippen LogP contribution in [0.2, 0.25) is 0 Å². The molecule has 10 heteroatoms. The number of alkyl halides is 1. The van der Waals surface area contributed by atoms with Crippen LogP contribution in [-0.2, 0) is 19.8 Å². The Labute approximate surface area is 207 Å². The summed E-state index contributed by atoms with van der Waals surface area (Å²) in [6, 6.07) is 10.0. The first-order chi connectivity index (χ1) is 17.2. The van der Waals surface area contributed by atoms with Crippen LogP contribution in [0.3, 0.4) is 0 Å². The quantitative estimate of drug-likeness (QED) is 0.244. The lowest BCUT2D eigenvalue weighted by Gasteiger charge is -2.30. The first-order valence-electron chi connectivity index (χ1n) is 11.2. The molecule has 3 aromatic carbocycles. The third-order valence-corrected chi connectivity index (χ3v) is 6.02. The van der Waals surface area contributed by atoms with Crippen molar-refractivity contribution in [3.05, 3.63) is 89.0 Å². The van der Waals surface area contributed by atoms with Gasteiger partial charge >= 0.3 is 0 Å². The maximum atomic E-state index is 15.4. The van der Waals surface area contributed by atoms with Gasteiger partial charge in [0, 0.05) is 29.7 Å². The van der Waals surface area contributed by atoms with Crippen molar-refractivity contribution >= 4 is 9.24 Å². The summed E-state index contributed by atoms with van der Waals surface area (Å²) in [7, 11) is 1.76. The molecule has 0 N–H and O–H groups in total. The zero-order chi connectivity index (χ0) is 25.9. The van der Waals surface area contributed by atoms with Crippen molar-refractivity contribution in [2.45, 2.75) is 18.8 Å². The van der Waals surface area contributed by atoms with Gasteiger partial charge in [-0.05, 0) is 58.1 Å². The summed E-state index contributed by atoms with van der Waals surface area (Å²) in [4.78, 5) is 0. The lowest BCUT2D eigenvalue weighted by Crippen LogP contribution is -2.30. The molecule has 0 spiro atoms. The molecule has 36 heavy (non-hydrogen) atoms. The van der Waals surface area contributed by atoms with Crippen LogP contribution in [-0.4, -0.2) is 26.4 Å². The van der Waals surface area contributed by atoms with Crippen LogP contribution < -0.4 is 4.74 Å². The van der Waals surface area contributed by atoms with Crippen LogP contribution in [0.5, 0.6) is 5.75 Å². The molecule has 1 fully saturated rings. The van der Waals surface area contributed by atoms with E-state index in [1.54, 1.807) is 9.24 Å². The lowest BCUT2D eigenvalue weighted by molar-refractivity contribution is -0.212. The summed E-state index contributed by atoms with van der Waals surface area (Å²) in [6.07, 6.45) is -0.802. The Morgan fingerprint density at radius 1 is 0.889 bits per heavy atom. The highest BCUT2D eigenvalue weighted by Gasteiger charge is 2.33. The minimum atomic E-state index is -2.73. The van der Waals surface area contributed by atoms with Crippen molar-refractivity contribution in [1.82, 2.24) is 0 Å². The highest BCUT2D eigenvalue weighted by Crippen LogP contribution is 2.39. The van der Waals surface area contributed by atoms with Crippen LogP contribution in [0.4, 0.5) is 22.0 Å². The molecule has 0 aromatic heterocycles. The van der Waals surface area contributed by atoms with Gasteiger partial charge in [0.05, 0.1) is 25.4 Å². The molecule has 0 saturated carbocycles. The monoisotopic (exact) mass is 526 g/mol. The van der Waals surface area contributed by atoms with E-state index in [0.29, 0.717) is 32.0 Å². The maximum Gasteiger partial charge on any atom is 0.288 e. The highest BCUT2D eigenvalue weighted by molar-refractivity contribution is 7.17. The van der Waals surface area contributed by atoms with E-state index in [0.717, 1.165) is 24.3 Å². The molecule has 1 aliphatic rings. The fourth-order valence-corrected chi connectivity index (χ4v) is 4.12. The smallest absolute Gasteiger partial charge is 0.288 e. The molecule has 4 rings (SSSR count). The molecule has 2 atom stereocenters. The number of ether oxygens (including phenoxy) is 4. The Morgan fingerprint density at radius 3 is 2.28 bits per heavy atom. The van der Waals surface area contributed by atoms with Crippen LogP contribution >= 0.6 is 9.24 Å². The minimum absolute atomic E-state index is 0.0408. The second kappa shape index (κ2) is 11.2. The van der Waals surface area contributed by atoms with E-state index >= 15 is 4.39 Å². The van der Waals surface area contributed by atoms with Crippen molar-refractivity contribution < 1.29 is 40.9 Å². The third-order valence-electron chi connectivity index (χ3n) is 5.59. The summed E-state index contributed by atoms with van der Waals surface area (Å²) >= 11 is 0. The van der Waals surface area contributed by atoms with E-state index in [4.69, 9.17) is 18.9 Å². The van der Waals surface area contributed by atoms with Gasteiger partial charge in [-0.2, -0.15) is 4.39 Å². The van der Waals surface area contributed by atoms with Crippen LogP contribution in [0, 0.1) is 29.2 Å². The fourth-order valence-electron chi connectivity index (χ4n) is 3.75. The number of rotatable bonds is 8. The number of benzene rings is 3. The highest BCUT2D eigenvalue weighted by atomic mass is 31.0. The molecule has 0 aliphatic carbocycles. The first-order valence-corrected chi connectivity index (χ1v) is 11.8. The molecule has 192 valence electrons. The van der Waals surface area contributed by atoms with E-state index in [2.05, 4.69) is 0 Å². The summed E-state index contributed by atoms with van der Waals surface area (Å²) in [6.45, 7) is 3.72. The Morgan fingerprint density at radius 2 is 1.64 bits per heavy atom. The second-order valence-electron chi connectivity index (χ2n) is 8.28. The average molecular weight is 526 g/mol. The van der Waals surface area contributed by atoms with Crippen LogP contribution in [0.1, 0.15) is 24.3 Å². The summed E-state index contributed by atoms with van der Waals surface area (Å²) in [5.41, 5.74) is -2.75. The molecule has 0 radical (unpaired) electrons. The van der Waals surface area contributed by atoms with Crippen molar-refractivity contribution in [1.29, 1.82) is 0 Å². The molecular weight excluding hydrogens is 502 g/mol. The predicted octanol–water partition coefficient (Wildman–Crippen LogP) is 6.64. The predicted molar refractivity (Wildman–Crippen MR) is 126 cm³/mol. The molecule has 0 amide bonds. The maximum absolute atomic E-state index is 15.4. The average Bonchev–Trinajstić information content (AvgIpc) is 2.84.